The van der Waals surface area contributed by atoms with Crippen LogP contribution in [-0.4, -0.2) is 21.5 Å². The largest absolute Gasteiger partial charge is 0.241 e. The van der Waals surface area contributed by atoms with Gasteiger partial charge in [-0.25, -0.2) is 0 Å². The Balaban J connectivity index is 1.39. The Morgan fingerprint density at radius 2 is 0.822 bits per heavy atom. The lowest BCUT2D eigenvalue weighted by Gasteiger charge is -2.50. The van der Waals surface area contributed by atoms with Crippen molar-refractivity contribution in [3.05, 3.63) is 154 Å². The molecule has 0 unspecified atom stereocenters. The lowest BCUT2D eigenvalue weighted by molar-refractivity contribution is 1.19. The van der Waals surface area contributed by atoms with Gasteiger partial charge < -0.3 is 0 Å². The van der Waals surface area contributed by atoms with Gasteiger partial charge in [-0.15, -0.1) is 0 Å². The van der Waals surface area contributed by atoms with Crippen LogP contribution < -0.4 is 53.5 Å². The molecule has 4 aliphatic heterocycles. The van der Waals surface area contributed by atoms with Gasteiger partial charge in [-0.3, -0.25) is 0 Å². The number of benzene rings is 6. The molecule has 0 aromatic heterocycles. The Hall–Kier alpha value is -4.33. The van der Waals surface area contributed by atoms with Crippen LogP contribution in [0.25, 0.3) is 0 Å². The molecule has 0 fully saturated rings. The third kappa shape index (κ3) is 3.25. The van der Waals surface area contributed by atoms with E-state index in [4.69, 9.17) is 0 Å². The van der Waals surface area contributed by atoms with Gasteiger partial charge in [0.25, 0.3) is 0 Å². The van der Waals surface area contributed by atoms with Gasteiger partial charge in [-0.1, -0.05) is 164 Å². The van der Waals surface area contributed by atoms with Gasteiger partial charge in [0, 0.05) is 0 Å². The topological polar surface area (TPSA) is 0 Å². The zero-order valence-corrected chi connectivity index (χ0v) is 27.5. The van der Waals surface area contributed by atoms with E-state index >= 15 is 0 Å². The molecular weight excluding hydrogens is 554 g/mol. The van der Waals surface area contributed by atoms with Crippen molar-refractivity contribution < 1.29 is 0 Å². The van der Waals surface area contributed by atoms with Gasteiger partial charge in [-0.2, -0.15) is 0 Å². The summed E-state index contributed by atoms with van der Waals surface area (Å²) in [6.45, 7) is 9.71. The molecule has 3 heteroatoms. The van der Waals surface area contributed by atoms with Crippen molar-refractivity contribution in [3.8, 4) is 0 Å². The standard InChI is InChI=1S/C42H34B2Si/c1-25-13-15-33-29(17-25)23-31-19-27(3)21-39-41(31)43(33)35-9-5-7-11-37(35)45(39)38-12-8-6-10-36(38)44-34-16-14-26(2)18-30(34)24-32-20-28(4)22-40(45)42(32)44/h5-22H,23-24H2,1-4H3. The Morgan fingerprint density at radius 3 is 1.29 bits per heavy atom. The van der Waals surface area contributed by atoms with Gasteiger partial charge in [-0.05, 0) is 83.5 Å². The van der Waals surface area contributed by atoms with Crippen LogP contribution in [0.5, 0.6) is 0 Å². The Bertz CT molecular complexity index is 2130. The Kier molecular flexibility index (Phi) is 5.13. The van der Waals surface area contributed by atoms with E-state index < -0.39 is 8.07 Å². The molecule has 212 valence electrons. The van der Waals surface area contributed by atoms with Gasteiger partial charge >= 0.3 is 0 Å². The predicted molar refractivity (Wildman–Crippen MR) is 197 cm³/mol. The van der Waals surface area contributed by atoms with E-state index in [1.165, 1.54) is 66.4 Å². The fourth-order valence-corrected chi connectivity index (χ4v) is 16.2. The lowest BCUT2D eigenvalue weighted by Crippen LogP contribution is -2.94. The minimum Gasteiger partial charge on any atom is -0.0683 e. The van der Waals surface area contributed by atoms with Crippen LogP contribution in [0, 0.1) is 27.7 Å². The molecule has 4 aliphatic rings. The van der Waals surface area contributed by atoms with Crippen LogP contribution in [0.3, 0.4) is 0 Å². The molecule has 0 radical (unpaired) electrons. The van der Waals surface area contributed by atoms with Gasteiger partial charge in [0.05, 0.1) is 0 Å². The second-order valence-corrected chi connectivity index (χ2v) is 18.0. The van der Waals surface area contributed by atoms with E-state index in [0.29, 0.717) is 0 Å². The summed E-state index contributed by atoms with van der Waals surface area (Å²) < 4.78 is 0. The van der Waals surface area contributed by atoms with E-state index in [0.717, 1.165) is 12.8 Å². The highest BCUT2D eigenvalue weighted by molar-refractivity contribution is 7.31. The van der Waals surface area contributed by atoms with Crippen molar-refractivity contribution in [1.29, 1.82) is 0 Å². The van der Waals surface area contributed by atoms with Crippen LogP contribution in [0.4, 0.5) is 0 Å². The quantitative estimate of drug-likeness (QED) is 0.237. The molecule has 0 aliphatic carbocycles. The number of rotatable bonds is 0. The maximum Gasteiger partial charge on any atom is 0.241 e. The first kappa shape index (κ1) is 25.9. The second kappa shape index (κ2) is 8.89. The summed E-state index contributed by atoms with van der Waals surface area (Å²) in [6, 6.07) is 44.0. The third-order valence-electron chi connectivity index (χ3n) is 11.5. The average molecular weight is 588 g/mol. The zero-order chi connectivity index (χ0) is 30.2. The first-order chi connectivity index (χ1) is 21.9. The maximum atomic E-state index is 2.62. The Morgan fingerprint density at radius 1 is 0.400 bits per heavy atom. The van der Waals surface area contributed by atoms with Crippen LogP contribution in [0.15, 0.2) is 109 Å². The van der Waals surface area contributed by atoms with Crippen molar-refractivity contribution >= 4 is 75.0 Å². The minimum atomic E-state index is -2.69. The first-order valence-electron chi connectivity index (χ1n) is 16.6. The highest BCUT2D eigenvalue weighted by Crippen LogP contribution is 2.25. The highest BCUT2D eigenvalue weighted by atomic mass is 28.3. The normalized spacial score (nSPS) is 15.5. The van der Waals surface area contributed by atoms with Crippen LogP contribution >= 0.6 is 0 Å². The summed E-state index contributed by atoms with van der Waals surface area (Å²) in [4.78, 5) is 0. The highest BCUT2D eigenvalue weighted by Gasteiger charge is 2.57. The first-order valence-corrected chi connectivity index (χ1v) is 18.6. The summed E-state index contributed by atoms with van der Waals surface area (Å²) >= 11 is 0. The predicted octanol–water partition coefficient (Wildman–Crippen LogP) is 1.77. The molecule has 0 amide bonds. The second-order valence-electron chi connectivity index (χ2n) is 14.3. The van der Waals surface area contributed by atoms with Crippen LogP contribution in [-0.2, 0) is 12.8 Å². The summed E-state index contributed by atoms with van der Waals surface area (Å²) in [5, 5.41) is 6.48. The SMILES string of the molecule is Cc1ccc2c(c1)Cc1cc(C)cc3c1B2c1ccccc1[Si]31c2ccccc2B2c3ccc(C)cc3Cc3cc(C)cc1c32. The smallest absolute Gasteiger partial charge is 0.0683 e. The third-order valence-corrected chi connectivity index (χ3v) is 16.5. The van der Waals surface area contributed by atoms with Gasteiger partial charge in [0.15, 0.2) is 8.07 Å². The number of aryl methyl sites for hydroxylation is 4. The molecule has 45 heavy (non-hydrogen) atoms. The molecule has 0 atom stereocenters. The molecule has 0 saturated carbocycles. The molecule has 0 N–H and O–H groups in total. The van der Waals surface area contributed by atoms with E-state index in [2.05, 4.69) is 137 Å². The van der Waals surface area contributed by atoms with Crippen LogP contribution in [0.2, 0.25) is 0 Å². The van der Waals surface area contributed by atoms with E-state index in [1.54, 1.807) is 31.7 Å². The maximum absolute atomic E-state index is 2.69. The van der Waals surface area contributed by atoms with Crippen molar-refractivity contribution in [1.82, 2.24) is 0 Å². The number of fused-ring (bicyclic) bond motifs is 12. The molecule has 0 saturated heterocycles. The lowest BCUT2D eigenvalue weighted by atomic mass is 9.33. The van der Waals surface area contributed by atoms with Gasteiger partial charge in [0.1, 0.15) is 0 Å². The molecule has 0 nitrogen and oxygen atoms in total. The van der Waals surface area contributed by atoms with Crippen molar-refractivity contribution in [2.75, 3.05) is 0 Å². The van der Waals surface area contributed by atoms with Crippen molar-refractivity contribution in [3.63, 3.8) is 0 Å². The molecule has 6 aromatic carbocycles. The van der Waals surface area contributed by atoms with Crippen molar-refractivity contribution in [2.24, 2.45) is 0 Å². The summed E-state index contributed by atoms with van der Waals surface area (Å²) in [5.41, 5.74) is 20.9. The van der Waals surface area contributed by atoms with E-state index in [1.807, 2.05) is 0 Å². The molecule has 10 rings (SSSR count). The van der Waals surface area contributed by atoms with E-state index in [9.17, 15) is 0 Å². The van der Waals surface area contributed by atoms with Crippen LogP contribution in [0.1, 0.15) is 44.5 Å². The number of hydrogen-bond donors (Lipinski definition) is 0. The summed E-state index contributed by atoms with van der Waals surface area (Å²) in [5.74, 6) is 0. The average Bonchev–Trinajstić information content (AvgIpc) is 3.03. The minimum absolute atomic E-state index is 0.281. The fourth-order valence-electron chi connectivity index (χ4n) is 10.1. The van der Waals surface area contributed by atoms with Crippen molar-refractivity contribution in [2.45, 2.75) is 40.5 Å². The monoisotopic (exact) mass is 588 g/mol. The molecule has 4 heterocycles. The Labute approximate surface area is 268 Å². The summed E-state index contributed by atoms with van der Waals surface area (Å²) in [6.07, 6.45) is 2.04. The summed E-state index contributed by atoms with van der Waals surface area (Å²) in [7, 11) is -2.69. The zero-order valence-electron chi connectivity index (χ0n) is 26.5. The molecule has 0 bridgehead atoms. The molecule has 6 aromatic rings. The molecular formula is C42H34B2Si. The van der Waals surface area contributed by atoms with E-state index in [-0.39, 0.29) is 13.4 Å². The number of hydrogen-bond acceptors (Lipinski definition) is 0. The van der Waals surface area contributed by atoms with Gasteiger partial charge in [0.2, 0.25) is 13.4 Å². The fraction of sp³-hybridized carbons (Fsp3) is 0.143. The molecule has 1 spiro atoms.